The third kappa shape index (κ3) is 3.78. The second-order valence-corrected chi connectivity index (χ2v) is 6.74. The average Bonchev–Trinajstić information content (AvgIpc) is 2.30. The molecule has 0 aromatic heterocycles. The Hall–Kier alpha value is -0.940. The van der Waals surface area contributed by atoms with Crippen molar-refractivity contribution in [3.63, 3.8) is 0 Å². The van der Waals surface area contributed by atoms with E-state index < -0.39 is 9.84 Å². The number of sulfone groups is 1. The van der Waals surface area contributed by atoms with E-state index in [1.165, 1.54) is 12.1 Å². The molecular formula is C12H16FNO2S. The monoisotopic (exact) mass is 257 g/mol. The van der Waals surface area contributed by atoms with Crippen LogP contribution in [0.2, 0.25) is 0 Å². The third-order valence-electron chi connectivity index (χ3n) is 3.06. The molecule has 0 atom stereocenters. The fraction of sp³-hybridized carbons (Fsp3) is 0.500. The van der Waals surface area contributed by atoms with E-state index in [4.69, 9.17) is 0 Å². The van der Waals surface area contributed by atoms with Gasteiger partial charge in [-0.2, -0.15) is 0 Å². The zero-order chi connectivity index (χ0) is 12.3. The zero-order valence-corrected chi connectivity index (χ0v) is 10.3. The van der Waals surface area contributed by atoms with Crippen molar-refractivity contribution < 1.29 is 12.8 Å². The van der Waals surface area contributed by atoms with Crippen molar-refractivity contribution in [1.29, 1.82) is 0 Å². The minimum atomic E-state index is -2.79. The molecule has 0 bridgehead atoms. The van der Waals surface area contributed by atoms with Crippen LogP contribution in [0.3, 0.4) is 0 Å². The maximum atomic E-state index is 12.7. The van der Waals surface area contributed by atoms with Gasteiger partial charge in [0.2, 0.25) is 0 Å². The van der Waals surface area contributed by atoms with Crippen LogP contribution in [0.15, 0.2) is 24.3 Å². The van der Waals surface area contributed by atoms with E-state index in [-0.39, 0.29) is 23.4 Å². The van der Waals surface area contributed by atoms with E-state index >= 15 is 0 Å². The minimum Gasteiger partial charge on any atom is -0.310 e. The summed E-state index contributed by atoms with van der Waals surface area (Å²) in [6, 6.07) is 6.60. The molecule has 0 saturated carbocycles. The summed E-state index contributed by atoms with van der Waals surface area (Å²) in [7, 11) is -2.79. The normalized spacial score (nSPS) is 20.3. The van der Waals surface area contributed by atoms with Crippen molar-refractivity contribution in [1.82, 2.24) is 5.32 Å². The van der Waals surface area contributed by atoms with Gasteiger partial charge in [-0.15, -0.1) is 0 Å². The standard InChI is InChI=1S/C12H16FNO2S/c13-11-3-1-10(2-4-11)9-14-12-5-7-17(15,16)8-6-12/h1-4,12,14H,5-9H2. The maximum Gasteiger partial charge on any atom is 0.150 e. The summed E-state index contributed by atoms with van der Waals surface area (Å²) < 4.78 is 35.2. The van der Waals surface area contributed by atoms with Crippen molar-refractivity contribution in [3.8, 4) is 0 Å². The second-order valence-electron chi connectivity index (χ2n) is 4.43. The van der Waals surface area contributed by atoms with Crippen molar-refractivity contribution in [2.45, 2.75) is 25.4 Å². The van der Waals surface area contributed by atoms with Crippen LogP contribution in [0, 0.1) is 5.82 Å². The molecule has 0 amide bonds. The van der Waals surface area contributed by atoms with Crippen molar-refractivity contribution >= 4 is 9.84 Å². The molecule has 1 heterocycles. The highest BCUT2D eigenvalue weighted by atomic mass is 32.2. The Labute approximate surface area is 101 Å². The van der Waals surface area contributed by atoms with E-state index in [9.17, 15) is 12.8 Å². The van der Waals surface area contributed by atoms with Gasteiger partial charge in [0, 0.05) is 12.6 Å². The Balaban J connectivity index is 1.81. The molecule has 0 aliphatic carbocycles. The van der Waals surface area contributed by atoms with Gasteiger partial charge in [-0.25, -0.2) is 12.8 Å². The first kappa shape index (κ1) is 12.5. The molecule has 1 aromatic rings. The summed E-state index contributed by atoms with van der Waals surface area (Å²) in [5, 5.41) is 3.31. The lowest BCUT2D eigenvalue weighted by molar-refractivity contribution is 0.463. The topological polar surface area (TPSA) is 46.2 Å². The number of hydrogen-bond donors (Lipinski definition) is 1. The number of benzene rings is 1. The smallest absolute Gasteiger partial charge is 0.150 e. The van der Waals surface area contributed by atoms with Crippen molar-refractivity contribution in [2.75, 3.05) is 11.5 Å². The van der Waals surface area contributed by atoms with E-state index in [1.54, 1.807) is 12.1 Å². The SMILES string of the molecule is O=S1(=O)CCC(NCc2ccc(F)cc2)CC1. The third-order valence-corrected chi connectivity index (χ3v) is 4.78. The lowest BCUT2D eigenvalue weighted by atomic mass is 10.1. The summed E-state index contributed by atoms with van der Waals surface area (Å²) in [5.41, 5.74) is 1.01. The summed E-state index contributed by atoms with van der Waals surface area (Å²) in [5.74, 6) is 0.305. The predicted molar refractivity (Wildman–Crippen MR) is 64.9 cm³/mol. The molecule has 1 saturated heterocycles. The van der Waals surface area contributed by atoms with Crippen molar-refractivity contribution in [2.24, 2.45) is 0 Å². The molecule has 1 aromatic carbocycles. The van der Waals surface area contributed by atoms with Crippen molar-refractivity contribution in [3.05, 3.63) is 35.6 Å². The molecule has 3 nitrogen and oxygen atoms in total. The Morgan fingerprint density at radius 1 is 1.18 bits per heavy atom. The minimum absolute atomic E-state index is 0.238. The lowest BCUT2D eigenvalue weighted by Gasteiger charge is -2.23. The maximum absolute atomic E-state index is 12.7. The molecule has 5 heteroatoms. The van der Waals surface area contributed by atoms with Gasteiger partial charge >= 0.3 is 0 Å². The van der Waals surface area contributed by atoms with Gasteiger partial charge in [0.25, 0.3) is 0 Å². The molecule has 1 aliphatic heterocycles. The van der Waals surface area contributed by atoms with E-state index in [0.717, 1.165) is 5.56 Å². The molecule has 1 N–H and O–H groups in total. The predicted octanol–water partition coefficient (Wildman–Crippen LogP) is 1.49. The summed E-state index contributed by atoms with van der Waals surface area (Å²) in [4.78, 5) is 0. The van der Waals surface area contributed by atoms with Crippen LogP contribution in [-0.4, -0.2) is 26.0 Å². The van der Waals surface area contributed by atoms with Crippen LogP contribution in [-0.2, 0) is 16.4 Å². The number of halogens is 1. The first-order valence-corrected chi connectivity index (χ1v) is 7.55. The molecule has 94 valence electrons. The van der Waals surface area contributed by atoms with Crippen LogP contribution in [0.1, 0.15) is 18.4 Å². The number of hydrogen-bond acceptors (Lipinski definition) is 3. The Morgan fingerprint density at radius 2 is 1.76 bits per heavy atom. The van der Waals surface area contributed by atoms with Crippen LogP contribution in [0.4, 0.5) is 4.39 Å². The molecule has 0 radical (unpaired) electrons. The molecular weight excluding hydrogens is 241 g/mol. The van der Waals surface area contributed by atoms with Crippen LogP contribution in [0.5, 0.6) is 0 Å². The second kappa shape index (κ2) is 5.14. The molecule has 1 fully saturated rings. The van der Waals surface area contributed by atoms with E-state index in [1.807, 2.05) is 0 Å². The van der Waals surface area contributed by atoms with Gasteiger partial charge in [-0.1, -0.05) is 12.1 Å². The quantitative estimate of drug-likeness (QED) is 0.892. The largest absolute Gasteiger partial charge is 0.310 e. The first-order valence-electron chi connectivity index (χ1n) is 5.73. The highest BCUT2D eigenvalue weighted by Crippen LogP contribution is 2.13. The molecule has 1 aliphatic rings. The van der Waals surface area contributed by atoms with Gasteiger partial charge in [0.15, 0.2) is 0 Å². The zero-order valence-electron chi connectivity index (χ0n) is 9.52. The first-order chi connectivity index (χ1) is 8.05. The summed E-state index contributed by atoms with van der Waals surface area (Å²) in [6.07, 6.45) is 1.34. The van der Waals surface area contributed by atoms with Crippen LogP contribution < -0.4 is 5.32 Å². The Bertz CT molecular complexity index is 456. The summed E-state index contributed by atoms with van der Waals surface area (Å²) >= 11 is 0. The Morgan fingerprint density at radius 3 is 2.35 bits per heavy atom. The van der Waals surface area contributed by atoms with Gasteiger partial charge in [-0.3, -0.25) is 0 Å². The van der Waals surface area contributed by atoms with E-state index in [0.29, 0.717) is 19.4 Å². The highest BCUT2D eigenvalue weighted by Gasteiger charge is 2.22. The molecule has 2 rings (SSSR count). The molecule has 0 unspecified atom stereocenters. The van der Waals surface area contributed by atoms with Crippen LogP contribution >= 0.6 is 0 Å². The fourth-order valence-corrected chi connectivity index (χ4v) is 3.45. The van der Waals surface area contributed by atoms with Gasteiger partial charge in [-0.05, 0) is 30.5 Å². The van der Waals surface area contributed by atoms with E-state index in [2.05, 4.69) is 5.32 Å². The average molecular weight is 257 g/mol. The van der Waals surface area contributed by atoms with Gasteiger partial charge < -0.3 is 5.32 Å². The van der Waals surface area contributed by atoms with Crippen LogP contribution in [0.25, 0.3) is 0 Å². The summed E-state index contributed by atoms with van der Waals surface area (Å²) in [6.45, 7) is 0.658. The lowest BCUT2D eigenvalue weighted by Crippen LogP contribution is -2.37. The molecule has 17 heavy (non-hydrogen) atoms. The number of nitrogens with one attached hydrogen (secondary N) is 1. The number of rotatable bonds is 3. The van der Waals surface area contributed by atoms with Gasteiger partial charge in [0.05, 0.1) is 11.5 Å². The fourth-order valence-electron chi connectivity index (χ4n) is 1.96. The Kier molecular flexibility index (Phi) is 3.79. The highest BCUT2D eigenvalue weighted by molar-refractivity contribution is 7.91. The molecule has 0 spiro atoms. The van der Waals surface area contributed by atoms with Gasteiger partial charge in [0.1, 0.15) is 15.7 Å².